The molecule has 1 nitrogen and oxygen atoms in total. The molecular formula is C13H9ClF3N. The molecule has 0 aliphatic rings. The van der Waals surface area contributed by atoms with Gasteiger partial charge in [-0.25, -0.2) is 0 Å². The standard InChI is InChI=1S/C13H9ClF3N/c14-11-8-9(13(15,16)17)6-7-12(11)18-10-4-2-1-3-5-10/h1-8,18H. The minimum atomic E-state index is -4.38. The van der Waals surface area contributed by atoms with E-state index in [4.69, 9.17) is 11.6 Å². The van der Waals surface area contributed by atoms with Gasteiger partial charge < -0.3 is 5.32 Å². The second-order valence-electron chi connectivity index (χ2n) is 3.68. The highest BCUT2D eigenvalue weighted by Gasteiger charge is 2.30. The lowest BCUT2D eigenvalue weighted by Gasteiger charge is -2.11. The Hall–Kier alpha value is -1.68. The molecule has 0 amide bonds. The zero-order valence-electron chi connectivity index (χ0n) is 9.13. The molecule has 18 heavy (non-hydrogen) atoms. The number of hydrogen-bond acceptors (Lipinski definition) is 1. The molecule has 0 heterocycles. The predicted molar refractivity (Wildman–Crippen MR) is 66.2 cm³/mol. The molecule has 0 aliphatic carbocycles. The van der Waals surface area contributed by atoms with Gasteiger partial charge in [0.25, 0.3) is 0 Å². The molecule has 0 unspecified atom stereocenters. The van der Waals surface area contributed by atoms with E-state index in [2.05, 4.69) is 5.32 Å². The second kappa shape index (κ2) is 4.90. The van der Waals surface area contributed by atoms with Crippen molar-refractivity contribution in [1.29, 1.82) is 0 Å². The highest BCUT2D eigenvalue weighted by atomic mass is 35.5. The summed E-state index contributed by atoms with van der Waals surface area (Å²) in [4.78, 5) is 0. The maximum atomic E-state index is 12.4. The van der Waals surface area contributed by atoms with Crippen molar-refractivity contribution in [3.63, 3.8) is 0 Å². The van der Waals surface area contributed by atoms with Crippen molar-refractivity contribution in [2.75, 3.05) is 5.32 Å². The molecule has 0 radical (unpaired) electrons. The molecule has 2 aromatic rings. The van der Waals surface area contributed by atoms with Crippen molar-refractivity contribution >= 4 is 23.0 Å². The largest absolute Gasteiger partial charge is 0.416 e. The third-order valence-corrected chi connectivity index (χ3v) is 2.66. The van der Waals surface area contributed by atoms with Crippen LogP contribution in [0.25, 0.3) is 0 Å². The Morgan fingerprint density at radius 1 is 0.944 bits per heavy atom. The third-order valence-electron chi connectivity index (χ3n) is 2.35. The summed E-state index contributed by atoms with van der Waals surface area (Å²) in [5.74, 6) is 0. The van der Waals surface area contributed by atoms with Crippen LogP contribution >= 0.6 is 11.6 Å². The number of halogens is 4. The number of rotatable bonds is 2. The molecule has 5 heteroatoms. The Morgan fingerprint density at radius 3 is 2.17 bits per heavy atom. The maximum Gasteiger partial charge on any atom is 0.416 e. The van der Waals surface area contributed by atoms with Gasteiger partial charge in [-0.1, -0.05) is 29.8 Å². The van der Waals surface area contributed by atoms with Crippen molar-refractivity contribution in [2.45, 2.75) is 6.18 Å². The van der Waals surface area contributed by atoms with Crippen LogP contribution in [-0.2, 0) is 6.18 Å². The average molecular weight is 272 g/mol. The van der Waals surface area contributed by atoms with Gasteiger partial charge in [0.2, 0.25) is 0 Å². The van der Waals surface area contributed by atoms with Crippen molar-refractivity contribution in [3.05, 3.63) is 59.1 Å². The van der Waals surface area contributed by atoms with Gasteiger partial charge in [-0.2, -0.15) is 13.2 Å². The van der Waals surface area contributed by atoms with E-state index in [1.165, 1.54) is 6.07 Å². The van der Waals surface area contributed by atoms with Crippen LogP contribution in [0.5, 0.6) is 0 Å². The summed E-state index contributed by atoms with van der Waals surface area (Å²) < 4.78 is 37.3. The molecule has 0 saturated heterocycles. The van der Waals surface area contributed by atoms with Crippen LogP contribution in [0.2, 0.25) is 5.02 Å². The number of hydrogen-bond donors (Lipinski definition) is 1. The van der Waals surface area contributed by atoms with Crippen LogP contribution in [0, 0.1) is 0 Å². The number of alkyl halides is 3. The Morgan fingerprint density at radius 2 is 1.61 bits per heavy atom. The fourth-order valence-corrected chi connectivity index (χ4v) is 1.70. The van der Waals surface area contributed by atoms with E-state index < -0.39 is 11.7 Å². The highest BCUT2D eigenvalue weighted by molar-refractivity contribution is 6.33. The van der Waals surface area contributed by atoms with Crippen molar-refractivity contribution in [2.24, 2.45) is 0 Å². The molecular weight excluding hydrogens is 263 g/mol. The summed E-state index contributed by atoms with van der Waals surface area (Å²) in [5, 5.41) is 2.99. The van der Waals surface area contributed by atoms with E-state index >= 15 is 0 Å². The summed E-state index contributed by atoms with van der Waals surface area (Å²) in [5.41, 5.74) is 0.445. The summed E-state index contributed by atoms with van der Waals surface area (Å²) in [6, 6.07) is 12.3. The molecule has 2 aromatic carbocycles. The fourth-order valence-electron chi connectivity index (χ4n) is 1.47. The van der Waals surface area contributed by atoms with E-state index in [0.29, 0.717) is 5.69 Å². The van der Waals surface area contributed by atoms with Crippen LogP contribution in [0.1, 0.15) is 5.56 Å². The lowest BCUT2D eigenvalue weighted by molar-refractivity contribution is -0.137. The Balaban J connectivity index is 2.26. The molecule has 0 saturated carbocycles. The maximum absolute atomic E-state index is 12.4. The smallest absolute Gasteiger partial charge is 0.354 e. The monoisotopic (exact) mass is 271 g/mol. The molecule has 94 valence electrons. The number of para-hydroxylation sites is 1. The minimum Gasteiger partial charge on any atom is -0.354 e. The molecule has 0 aliphatic heterocycles. The van der Waals surface area contributed by atoms with Gasteiger partial charge >= 0.3 is 6.18 Å². The predicted octanol–water partition coefficient (Wildman–Crippen LogP) is 5.10. The summed E-state index contributed by atoms with van der Waals surface area (Å²) >= 11 is 5.82. The number of benzene rings is 2. The lowest BCUT2D eigenvalue weighted by Crippen LogP contribution is -2.05. The number of nitrogens with one attached hydrogen (secondary N) is 1. The first-order valence-corrected chi connectivity index (χ1v) is 5.53. The number of anilines is 2. The molecule has 0 fully saturated rings. The third kappa shape index (κ3) is 2.96. The Labute approximate surface area is 107 Å². The summed E-state index contributed by atoms with van der Waals surface area (Å²) in [6.45, 7) is 0. The molecule has 1 N–H and O–H groups in total. The van der Waals surface area contributed by atoms with Gasteiger partial charge in [0, 0.05) is 5.69 Å². The first kappa shape index (κ1) is 12.8. The molecule has 0 bridgehead atoms. The van der Waals surface area contributed by atoms with Gasteiger partial charge in [0.15, 0.2) is 0 Å². The van der Waals surface area contributed by atoms with Gasteiger partial charge in [0.05, 0.1) is 16.3 Å². The minimum absolute atomic E-state index is 0.0358. The van der Waals surface area contributed by atoms with E-state index in [9.17, 15) is 13.2 Å². The topological polar surface area (TPSA) is 12.0 Å². The fraction of sp³-hybridized carbons (Fsp3) is 0.0769. The molecule has 0 atom stereocenters. The first-order chi connectivity index (χ1) is 8.47. The average Bonchev–Trinajstić information content (AvgIpc) is 2.32. The van der Waals surface area contributed by atoms with Crippen LogP contribution in [0.4, 0.5) is 24.5 Å². The summed E-state index contributed by atoms with van der Waals surface area (Å²) in [7, 11) is 0. The van der Waals surface area contributed by atoms with Crippen LogP contribution in [0.3, 0.4) is 0 Å². The van der Waals surface area contributed by atoms with Gasteiger partial charge in [-0.3, -0.25) is 0 Å². The Kier molecular flexibility index (Phi) is 3.48. The van der Waals surface area contributed by atoms with E-state index in [0.717, 1.165) is 17.8 Å². The lowest BCUT2D eigenvalue weighted by atomic mass is 10.2. The zero-order chi connectivity index (χ0) is 13.2. The van der Waals surface area contributed by atoms with Crippen molar-refractivity contribution in [1.82, 2.24) is 0 Å². The summed E-state index contributed by atoms with van der Waals surface area (Å²) in [6.07, 6.45) is -4.38. The zero-order valence-corrected chi connectivity index (χ0v) is 9.89. The normalized spacial score (nSPS) is 11.3. The van der Waals surface area contributed by atoms with Crippen molar-refractivity contribution < 1.29 is 13.2 Å². The second-order valence-corrected chi connectivity index (χ2v) is 4.09. The SMILES string of the molecule is FC(F)(F)c1ccc(Nc2ccccc2)c(Cl)c1. The van der Waals surface area contributed by atoms with Crippen molar-refractivity contribution in [3.8, 4) is 0 Å². The quantitative estimate of drug-likeness (QED) is 0.801. The van der Waals surface area contributed by atoms with Gasteiger partial charge in [-0.05, 0) is 30.3 Å². The van der Waals surface area contributed by atoms with E-state index in [1.807, 2.05) is 18.2 Å². The van der Waals surface area contributed by atoms with E-state index in [-0.39, 0.29) is 5.02 Å². The molecule has 0 aromatic heterocycles. The molecule has 2 rings (SSSR count). The van der Waals surface area contributed by atoms with Crippen LogP contribution in [0.15, 0.2) is 48.5 Å². The van der Waals surface area contributed by atoms with Gasteiger partial charge in [-0.15, -0.1) is 0 Å². The van der Waals surface area contributed by atoms with Crippen LogP contribution < -0.4 is 5.32 Å². The highest BCUT2D eigenvalue weighted by Crippen LogP contribution is 2.34. The van der Waals surface area contributed by atoms with Gasteiger partial charge in [0.1, 0.15) is 0 Å². The van der Waals surface area contributed by atoms with Crippen LogP contribution in [-0.4, -0.2) is 0 Å². The van der Waals surface area contributed by atoms with E-state index in [1.54, 1.807) is 12.1 Å². The first-order valence-electron chi connectivity index (χ1n) is 5.15. The molecule has 0 spiro atoms. The Bertz CT molecular complexity index is 538.